The van der Waals surface area contributed by atoms with E-state index in [1.165, 1.54) is 11.4 Å². The van der Waals surface area contributed by atoms with Gasteiger partial charge in [-0.05, 0) is 42.3 Å². The average molecular weight is 454 g/mol. The molecule has 0 fully saturated rings. The van der Waals surface area contributed by atoms with E-state index in [2.05, 4.69) is 15.2 Å². The van der Waals surface area contributed by atoms with Crippen molar-refractivity contribution in [1.29, 1.82) is 0 Å². The first-order valence-corrected chi connectivity index (χ1v) is 11.5. The zero-order chi connectivity index (χ0) is 22.5. The Morgan fingerprint density at radius 1 is 1.16 bits per heavy atom. The number of methoxy groups -OCH3 is 1. The molecule has 0 amide bonds. The monoisotopic (exact) mass is 453 g/mol. The third kappa shape index (κ3) is 3.17. The fourth-order valence-electron chi connectivity index (χ4n) is 4.30. The van der Waals surface area contributed by atoms with Gasteiger partial charge >= 0.3 is 0 Å². The summed E-state index contributed by atoms with van der Waals surface area (Å²) < 4.78 is 33.9. The Balaban J connectivity index is 1.55. The number of nitrogens with zero attached hydrogens (tertiary/aromatic N) is 4. The van der Waals surface area contributed by atoms with Crippen LogP contribution in [0.25, 0.3) is 0 Å². The first-order chi connectivity index (χ1) is 15.4. The number of fused-ring (bicyclic) bond motifs is 2. The van der Waals surface area contributed by atoms with Crippen LogP contribution in [-0.4, -0.2) is 49.2 Å². The molecule has 0 radical (unpaired) electrons. The van der Waals surface area contributed by atoms with Gasteiger partial charge in [0, 0.05) is 0 Å². The minimum Gasteiger partial charge on any atom is -0.497 e. The Bertz CT molecular complexity index is 1290. The molecular weight excluding hydrogens is 430 g/mol. The number of nitrogens with two attached hydrogens (primary N) is 2. The largest absolute Gasteiger partial charge is 0.497 e. The number of sulfonamides is 1. The van der Waals surface area contributed by atoms with Crippen molar-refractivity contribution in [2.75, 3.05) is 18.0 Å². The highest BCUT2D eigenvalue weighted by Gasteiger charge is 2.40. The van der Waals surface area contributed by atoms with Crippen LogP contribution in [0.2, 0.25) is 0 Å². The quantitative estimate of drug-likeness (QED) is 0.543. The summed E-state index contributed by atoms with van der Waals surface area (Å²) in [6.45, 7) is 0.169. The summed E-state index contributed by atoms with van der Waals surface area (Å²) in [4.78, 5) is 6.32. The van der Waals surface area contributed by atoms with Crippen LogP contribution in [0.15, 0.2) is 64.6 Å². The Morgan fingerprint density at radius 3 is 2.66 bits per heavy atom. The van der Waals surface area contributed by atoms with Crippen LogP contribution in [0.1, 0.15) is 17.3 Å². The number of hydrogen-bond donors (Lipinski definition) is 3. The lowest BCUT2D eigenvalue weighted by Gasteiger charge is -2.44. The summed E-state index contributed by atoms with van der Waals surface area (Å²) in [5.74, 6) is 1.32. The number of guanidine groups is 1. The van der Waals surface area contributed by atoms with Crippen molar-refractivity contribution in [1.82, 2.24) is 15.1 Å². The van der Waals surface area contributed by atoms with Gasteiger partial charge in [0.1, 0.15) is 11.9 Å². The molecule has 0 spiro atoms. The van der Waals surface area contributed by atoms with Gasteiger partial charge in [-0.2, -0.15) is 10.1 Å². The van der Waals surface area contributed by atoms with Crippen molar-refractivity contribution in [3.05, 3.63) is 65.9 Å². The molecule has 0 saturated heterocycles. The fraction of sp³-hybridized carbons (Fsp3) is 0.238. The van der Waals surface area contributed by atoms with Crippen LogP contribution in [0.3, 0.4) is 0 Å². The minimum atomic E-state index is -3.85. The van der Waals surface area contributed by atoms with Gasteiger partial charge in [-0.1, -0.05) is 18.2 Å². The summed E-state index contributed by atoms with van der Waals surface area (Å²) in [5.41, 5.74) is 15.0. The van der Waals surface area contributed by atoms with E-state index < -0.39 is 16.2 Å². The molecule has 2 unspecified atom stereocenters. The van der Waals surface area contributed by atoms with Crippen LogP contribution in [0, 0.1) is 0 Å². The highest BCUT2D eigenvalue weighted by Crippen LogP contribution is 2.37. The first-order valence-electron chi connectivity index (χ1n) is 10.1. The number of H-pyrrole nitrogens is 1. The number of para-hydroxylation sites is 1. The number of rotatable bonds is 4. The van der Waals surface area contributed by atoms with Crippen molar-refractivity contribution in [3.8, 4) is 5.75 Å². The SMILES string of the molecule is COc1ccc(S(=O)(=O)N2CC(N3C(N)=Nc4[nH]ncc4C3N)Cc3ccccc32)cc1. The van der Waals surface area contributed by atoms with Crippen LogP contribution < -0.4 is 20.5 Å². The van der Waals surface area contributed by atoms with Gasteiger partial charge in [-0.15, -0.1) is 0 Å². The zero-order valence-electron chi connectivity index (χ0n) is 17.3. The van der Waals surface area contributed by atoms with E-state index in [4.69, 9.17) is 16.2 Å². The average Bonchev–Trinajstić information content (AvgIpc) is 3.27. The summed E-state index contributed by atoms with van der Waals surface area (Å²) in [6, 6.07) is 13.5. The molecule has 10 nitrogen and oxygen atoms in total. The maximum absolute atomic E-state index is 13.7. The lowest BCUT2D eigenvalue weighted by Crippen LogP contribution is -2.57. The third-order valence-corrected chi connectivity index (χ3v) is 7.68. The molecule has 2 aromatic carbocycles. The molecule has 3 aromatic rings. The smallest absolute Gasteiger partial charge is 0.264 e. The fourth-order valence-corrected chi connectivity index (χ4v) is 5.84. The maximum atomic E-state index is 13.7. The molecule has 11 heteroatoms. The molecule has 0 bridgehead atoms. The number of ether oxygens (including phenoxy) is 1. The minimum absolute atomic E-state index is 0.169. The van der Waals surface area contributed by atoms with E-state index in [9.17, 15) is 8.42 Å². The standard InChI is InChI=1S/C21H23N7O3S/c1-31-15-6-8-16(9-7-15)32(29,30)27-12-14(10-13-4-2-3-5-18(13)27)28-19(22)17-11-24-26-20(17)25-21(28)23/h2-9,11,14,19H,10,12,22H2,1H3,(H3,23,24,25,26). The molecule has 32 heavy (non-hydrogen) atoms. The van der Waals surface area contributed by atoms with E-state index in [1.807, 2.05) is 24.3 Å². The molecule has 2 aliphatic rings. The first kappa shape index (κ1) is 20.3. The van der Waals surface area contributed by atoms with Crippen LogP contribution >= 0.6 is 0 Å². The third-order valence-electron chi connectivity index (χ3n) is 5.89. The topological polar surface area (TPSA) is 143 Å². The second-order valence-corrected chi connectivity index (χ2v) is 9.56. The number of hydrogen-bond acceptors (Lipinski definition) is 8. The van der Waals surface area contributed by atoms with Gasteiger partial charge in [0.25, 0.3) is 10.0 Å². The number of benzene rings is 2. The molecule has 3 heterocycles. The highest BCUT2D eigenvalue weighted by atomic mass is 32.2. The van der Waals surface area contributed by atoms with Crippen LogP contribution in [0.4, 0.5) is 11.5 Å². The molecule has 166 valence electrons. The lowest BCUT2D eigenvalue weighted by atomic mass is 9.97. The lowest BCUT2D eigenvalue weighted by molar-refractivity contribution is 0.233. The van der Waals surface area contributed by atoms with Gasteiger partial charge in [-0.25, -0.2) is 8.42 Å². The summed E-state index contributed by atoms with van der Waals surface area (Å²) in [5, 5.41) is 6.78. The number of aromatic nitrogens is 2. The molecule has 2 atom stereocenters. The van der Waals surface area contributed by atoms with Gasteiger partial charge < -0.3 is 21.1 Å². The predicted molar refractivity (Wildman–Crippen MR) is 120 cm³/mol. The van der Waals surface area contributed by atoms with Crippen molar-refractivity contribution < 1.29 is 13.2 Å². The number of nitrogens with one attached hydrogen (secondary N) is 1. The Morgan fingerprint density at radius 2 is 1.91 bits per heavy atom. The Hall–Kier alpha value is -3.57. The number of aliphatic imine (C=N–C) groups is 1. The van der Waals surface area contributed by atoms with Crippen molar-refractivity contribution in [2.45, 2.75) is 23.5 Å². The molecule has 1 aromatic heterocycles. The predicted octanol–water partition coefficient (Wildman–Crippen LogP) is 1.46. The molecule has 0 saturated carbocycles. The van der Waals surface area contributed by atoms with Gasteiger partial charge in [-0.3, -0.25) is 9.40 Å². The normalized spacial score (nSPS) is 20.4. The van der Waals surface area contributed by atoms with Gasteiger partial charge in [0.2, 0.25) is 0 Å². The van der Waals surface area contributed by atoms with Gasteiger partial charge in [0.15, 0.2) is 11.8 Å². The molecule has 5 N–H and O–H groups in total. The van der Waals surface area contributed by atoms with Crippen molar-refractivity contribution >= 4 is 27.5 Å². The van der Waals surface area contributed by atoms with E-state index in [0.717, 1.165) is 5.56 Å². The van der Waals surface area contributed by atoms with E-state index >= 15 is 0 Å². The Kier molecular flexibility index (Phi) is 4.79. The van der Waals surface area contributed by atoms with E-state index in [1.54, 1.807) is 35.4 Å². The summed E-state index contributed by atoms with van der Waals surface area (Å²) in [7, 11) is -2.31. The molecule has 2 aliphatic heterocycles. The zero-order valence-corrected chi connectivity index (χ0v) is 18.2. The van der Waals surface area contributed by atoms with Crippen LogP contribution in [0.5, 0.6) is 5.75 Å². The van der Waals surface area contributed by atoms with E-state index in [0.29, 0.717) is 29.2 Å². The van der Waals surface area contributed by atoms with E-state index in [-0.39, 0.29) is 23.4 Å². The second kappa shape index (κ2) is 7.53. The second-order valence-electron chi connectivity index (χ2n) is 7.69. The number of anilines is 1. The molecule has 5 rings (SSSR count). The molecule has 0 aliphatic carbocycles. The maximum Gasteiger partial charge on any atom is 0.264 e. The highest BCUT2D eigenvalue weighted by molar-refractivity contribution is 7.92. The van der Waals surface area contributed by atoms with Crippen molar-refractivity contribution in [2.24, 2.45) is 16.5 Å². The molecular formula is C21H23N7O3S. The summed E-state index contributed by atoms with van der Waals surface area (Å²) >= 11 is 0. The Labute approximate surface area is 185 Å². The van der Waals surface area contributed by atoms with Crippen LogP contribution in [-0.2, 0) is 16.4 Å². The summed E-state index contributed by atoms with van der Waals surface area (Å²) in [6.07, 6.45) is 1.59. The van der Waals surface area contributed by atoms with Gasteiger partial charge in [0.05, 0.1) is 42.0 Å². The number of aromatic amines is 1. The van der Waals surface area contributed by atoms with Crippen molar-refractivity contribution in [3.63, 3.8) is 0 Å².